The summed E-state index contributed by atoms with van der Waals surface area (Å²) < 4.78 is 5.35. The van der Waals surface area contributed by atoms with Gasteiger partial charge in [-0.25, -0.2) is 9.78 Å². The molecule has 2 atom stereocenters. The third kappa shape index (κ3) is 6.06. The molecule has 0 aliphatic rings. The number of rotatable bonds is 7. The second-order valence-electron chi connectivity index (χ2n) is 6.74. The van der Waals surface area contributed by atoms with Gasteiger partial charge in [-0.1, -0.05) is 26.0 Å². The van der Waals surface area contributed by atoms with Gasteiger partial charge in [0.05, 0.1) is 6.04 Å². The highest BCUT2D eigenvalue weighted by atomic mass is 16.5. The van der Waals surface area contributed by atoms with Gasteiger partial charge in [0.15, 0.2) is 11.6 Å². The van der Waals surface area contributed by atoms with Crippen LogP contribution >= 0.6 is 0 Å². The Balaban J connectivity index is 2.18. The summed E-state index contributed by atoms with van der Waals surface area (Å²) in [5.74, 6) is -0.471. The number of hydrogen-bond acceptors (Lipinski definition) is 9. The van der Waals surface area contributed by atoms with E-state index >= 15 is 0 Å². The number of pyridine rings is 1. The number of hydrogen-bond donors (Lipinski definition) is 4. The summed E-state index contributed by atoms with van der Waals surface area (Å²) >= 11 is 0. The van der Waals surface area contributed by atoms with E-state index in [9.17, 15) is 9.59 Å². The molecule has 154 valence electrons. The summed E-state index contributed by atoms with van der Waals surface area (Å²) in [7, 11) is 0. The van der Waals surface area contributed by atoms with E-state index < -0.39 is 18.1 Å². The van der Waals surface area contributed by atoms with Crippen LogP contribution in [0.15, 0.2) is 46.6 Å². The first-order valence-electron chi connectivity index (χ1n) is 9.00. The number of benzene rings is 1. The highest BCUT2D eigenvalue weighted by Crippen LogP contribution is 2.31. The molecule has 1 heterocycles. The molecule has 29 heavy (non-hydrogen) atoms. The first-order chi connectivity index (χ1) is 13.7. The van der Waals surface area contributed by atoms with Crippen molar-refractivity contribution in [3.8, 4) is 5.75 Å². The van der Waals surface area contributed by atoms with Crippen molar-refractivity contribution in [3.63, 3.8) is 0 Å². The van der Waals surface area contributed by atoms with E-state index in [4.69, 9.17) is 21.9 Å². The van der Waals surface area contributed by atoms with Crippen LogP contribution < -0.4 is 27.3 Å². The van der Waals surface area contributed by atoms with E-state index in [0.29, 0.717) is 5.69 Å². The van der Waals surface area contributed by atoms with Crippen LogP contribution in [-0.4, -0.2) is 28.9 Å². The summed E-state index contributed by atoms with van der Waals surface area (Å²) in [6, 6.07) is 8.29. The molecule has 0 saturated heterocycles. The van der Waals surface area contributed by atoms with Gasteiger partial charge in [-0.3, -0.25) is 4.79 Å². The van der Waals surface area contributed by atoms with Crippen LogP contribution in [-0.2, 0) is 9.59 Å². The Morgan fingerprint density at radius 2 is 1.69 bits per heavy atom. The molecule has 2 rings (SSSR count). The Hall–Kier alpha value is -3.37. The Kier molecular flexibility index (Phi) is 7.34. The van der Waals surface area contributed by atoms with Gasteiger partial charge < -0.3 is 27.3 Å². The van der Waals surface area contributed by atoms with Gasteiger partial charge in [-0.05, 0) is 37.1 Å². The van der Waals surface area contributed by atoms with Crippen molar-refractivity contribution in [1.29, 1.82) is 0 Å². The quantitative estimate of drug-likeness (QED) is 0.314. The summed E-state index contributed by atoms with van der Waals surface area (Å²) in [6.45, 7) is 5.21. The van der Waals surface area contributed by atoms with Crippen molar-refractivity contribution in [1.82, 2.24) is 4.98 Å². The zero-order valence-electron chi connectivity index (χ0n) is 16.5. The predicted octanol–water partition coefficient (Wildman–Crippen LogP) is 2.25. The maximum absolute atomic E-state index is 12.1. The van der Waals surface area contributed by atoms with E-state index in [-0.39, 0.29) is 34.9 Å². The Labute approximate surface area is 168 Å². The molecule has 0 aliphatic heterocycles. The fourth-order valence-corrected chi connectivity index (χ4v) is 2.04. The number of carbonyl (C=O) groups excluding carboxylic acids is 2. The van der Waals surface area contributed by atoms with Crippen molar-refractivity contribution in [3.05, 3.63) is 36.4 Å². The lowest BCUT2D eigenvalue weighted by atomic mass is 10.1. The average molecular weight is 399 g/mol. The monoisotopic (exact) mass is 399 g/mol. The van der Waals surface area contributed by atoms with Crippen molar-refractivity contribution in [2.24, 2.45) is 27.6 Å². The van der Waals surface area contributed by atoms with Crippen LogP contribution in [0.25, 0.3) is 0 Å². The van der Waals surface area contributed by atoms with Gasteiger partial charge in [0, 0.05) is 0 Å². The SMILES string of the molecule is CC(C)[C@H](N)C(=O)Oc1ccccc1N=Nc1ccc(NC(=O)[C@H](C)N)nc1N. The lowest BCUT2D eigenvalue weighted by Crippen LogP contribution is -2.38. The molecule has 0 bridgehead atoms. The number of esters is 1. The number of nitrogens with two attached hydrogens (primary N) is 3. The van der Waals surface area contributed by atoms with E-state index in [0.717, 1.165) is 0 Å². The fraction of sp³-hybridized carbons (Fsp3) is 0.316. The first-order valence-corrected chi connectivity index (χ1v) is 9.00. The minimum Gasteiger partial charge on any atom is -0.423 e. The predicted molar refractivity (Wildman–Crippen MR) is 110 cm³/mol. The van der Waals surface area contributed by atoms with Gasteiger partial charge in [-0.15, -0.1) is 10.2 Å². The number of anilines is 2. The third-order valence-electron chi connectivity index (χ3n) is 3.90. The van der Waals surface area contributed by atoms with E-state index in [1.54, 1.807) is 37.3 Å². The molecular weight excluding hydrogens is 374 g/mol. The van der Waals surface area contributed by atoms with Crippen molar-refractivity contribution >= 4 is 34.9 Å². The van der Waals surface area contributed by atoms with Crippen molar-refractivity contribution in [2.75, 3.05) is 11.1 Å². The zero-order chi connectivity index (χ0) is 21.6. The molecule has 10 heteroatoms. The number of nitrogens with one attached hydrogen (secondary N) is 1. The van der Waals surface area contributed by atoms with E-state index in [1.165, 1.54) is 6.07 Å². The normalized spacial score (nSPS) is 13.3. The highest BCUT2D eigenvalue weighted by Gasteiger charge is 2.20. The molecule has 1 aromatic carbocycles. The first kappa shape index (κ1) is 21.9. The summed E-state index contributed by atoms with van der Waals surface area (Å²) in [5, 5.41) is 10.7. The smallest absolute Gasteiger partial charge is 0.328 e. The standard InChI is InChI=1S/C19H25N7O3/c1-10(2)16(21)19(28)29-14-7-5-4-6-12(14)25-26-13-8-9-15(23-17(13)22)24-18(27)11(3)20/h4-11,16H,20-21H2,1-3H3,(H3,22,23,24,27)/t11-,16-/m0/s1. The van der Waals surface area contributed by atoms with Gasteiger partial charge in [-0.2, -0.15) is 0 Å². The molecule has 0 aliphatic carbocycles. The van der Waals surface area contributed by atoms with Gasteiger partial charge >= 0.3 is 5.97 Å². The van der Waals surface area contributed by atoms with Crippen LogP contribution in [0.3, 0.4) is 0 Å². The largest absolute Gasteiger partial charge is 0.423 e. The minimum absolute atomic E-state index is 0.0625. The molecule has 0 spiro atoms. The number of amides is 1. The van der Waals surface area contributed by atoms with Gasteiger partial charge in [0.25, 0.3) is 0 Å². The summed E-state index contributed by atoms with van der Waals surface area (Å²) in [6.07, 6.45) is 0. The number of ether oxygens (including phenoxy) is 1. The van der Waals surface area contributed by atoms with Crippen molar-refractivity contribution in [2.45, 2.75) is 32.9 Å². The number of azo groups is 1. The van der Waals surface area contributed by atoms with Crippen LogP contribution in [0, 0.1) is 5.92 Å². The number of carbonyl (C=O) groups is 2. The lowest BCUT2D eigenvalue weighted by Gasteiger charge is -2.14. The Morgan fingerprint density at radius 1 is 1.03 bits per heavy atom. The molecule has 7 N–H and O–H groups in total. The molecule has 2 aromatic rings. The van der Waals surface area contributed by atoms with Crippen LogP contribution in [0.5, 0.6) is 5.75 Å². The average Bonchev–Trinajstić information content (AvgIpc) is 2.67. The number of nitrogens with zero attached hydrogens (tertiary/aromatic N) is 3. The molecule has 0 fully saturated rings. The minimum atomic E-state index is -0.751. The number of nitrogen functional groups attached to an aromatic ring is 1. The van der Waals surface area contributed by atoms with E-state index in [2.05, 4.69) is 20.5 Å². The molecule has 1 amide bonds. The molecule has 1 aromatic heterocycles. The second-order valence-corrected chi connectivity index (χ2v) is 6.74. The zero-order valence-corrected chi connectivity index (χ0v) is 16.5. The summed E-state index contributed by atoms with van der Waals surface area (Å²) in [5.41, 5.74) is 17.8. The van der Waals surface area contributed by atoms with Gasteiger partial charge in [0.1, 0.15) is 23.2 Å². The van der Waals surface area contributed by atoms with Crippen LogP contribution in [0.2, 0.25) is 0 Å². The molecule has 10 nitrogen and oxygen atoms in total. The third-order valence-corrected chi connectivity index (χ3v) is 3.90. The molecule has 0 saturated carbocycles. The Bertz CT molecular complexity index is 912. The second kappa shape index (κ2) is 9.71. The number of aromatic nitrogens is 1. The topological polar surface area (TPSA) is 171 Å². The van der Waals surface area contributed by atoms with E-state index in [1.807, 2.05) is 13.8 Å². The molecule has 0 radical (unpaired) electrons. The fourth-order valence-electron chi connectivity index (χ4n) is 2.04. The maximum Gasteiger partial charge on any atom is 0.328 e. The Morgan fingerprint density at radius 3 is 2.31 bits per heavy atom. The van der Waals surface area contributed by atoms with Crippen LogP contribution in [0.4, 0.5) is 23.0 Å². The van der Waals surface area contributed by atoms with Gasteiger partial charge in [0.2, 0.25) is 5.91 Å². The van der Waals surface area contributed by atoms with Crippen LogP contribution in [0.1, 0.15) is 20.8 Å². The lowest BCUT2D eigenvalue weighted by molar-refractivity contribution is -0.136. The highest BCUT2D eigenvalue weighted by molar-refractivity contribution is 5.93. The van der Waals surface area contributed by atoms with Crippen molar-refractivity contribution < 1.29 is 14.3 Å². The summed E-state index contributed by atoms with van der Waals surface area (Å²) in [4.78, 5) is 27.8. The molecular formula is C19H25N7O3. The maximum atomic E-state index is 12.1. The molecule has 0 unspecified atom stereocenters. The number of para-hydroxylation sites is 1.